The second-order valence-electron chi connectivity index (χ2n) is 5.77. The Labute approximate surface area is 128 Å². The van der Waals surface area contributed by atoms with Crippen LogP contribution < -0.4 is 10.6 Å². The molecule has 118 valence electrons. The summed E-state index contributed by atoms with van der Waals surface area (Å²) in [6.45, 7) is 3.85. The summed E-state index contributed by atoms with van der Waals surface area (Å²) in [7, 11) is 4.06. The zero-order valence-electron chi connectivity index (χ0n) is 13.4. The summed E-state index contributed by atoms with van der Waals surface area (Å²) in [4.78, 5) is 6.75. The molecule has 1 saturated carbocycles. The maximum atomic E-state index is 4.27. The third-order valence-electron chi connectivity index (χ3n) is 4.26. The first kappa shape index (κ1) is 15.9. The maximum Gasteiger partial charge on any atom is 0.191 e. The lowest BCUT2D eigenvalue weighted by atomic mass is 10.2. The minimum Gasteiger partial charge on any atom is -0.355 e. The van der Waals surface area contributed by atoms with Crippen molar-refractivity contribution in [2.45, 2.75) is 38.3 Å². The standard InChI is InChI=1S/C16H29N5/c1-17-16(19-10-14-21-11-5-6-12-21)18-9-13-20(2)15-7-3-4-8-15/h5-6,11-12,15H,3-4,7-10,13-14H2,1-2H3,(H2,17,18,19). The Morgan fingerprint density at radius 3 is 2.52 bits per heavy atom. The van der Waals surface area contributed by atoms with Crippen LogP contribution in [0.5, 0.6) is 0 Å². The van der Waals surface area contributed by atoms with Crippen LogP contribution in [0, 0.1) is 0 Å². The molecule has 21 heavy (non-hydrogen) atoms. The molecule has 0 saturated heterocycles. The van der Waals surface area contributed by atoms with Crippen LogP contribution in [0.3, 0.4) is 0 Å². The Morgan fingerprint density at radius 2 is 1.86 bits per heavy atom. The number of nitrogens with zero attached hydrogens (tertiary/aromatic N) is 3. The van der Waals surface area contributed by atoms with Gasteiger partial charge in [0.25, 0.3) is 0 Å². The topological polar surface area (TPSA) is 44.6 Å². The molecule has 0 spiro atoms. The highest BCUT2D eigenvalue weighted by atomic mass is 15.2. The van der Waals surface area contributed by atoms with Gasteiger partial charge < -0.3 is 20.1 Å². The normalized spacial score (nSPS) is 16.6. The summed E-state index contributed by atoms with van der Waals surface area (Å²) in [5.41, 5.74) is 0. The van der Waals surface area contributed by atoms with Crippen LogP contribution >= 0.6 is 0 Å². The van der Waals surface area contributed by atoms with Crippen LogP contribution in [-0.4, -0.2) is 55.2 Å². The van der Waals surface area contributed by atoms with Crippen molar-refractivity contribution in [3.05, 3.63) is 24.5 Å². The fourth-order valence-electron chi connectivity index (χ4n) is 2.92. The Morgan fingerprint density at radius 1 is 1.19 bits per heavy atom. The van der Waals surface area contributed by atoms with Gasteiger partial charge in [0, 0.05) is 51.7 Å². The van der Waals surface area contributed by atoms with Crippen molar-refractivity contribution in [3.8, 4) is 0 Å². The molecule has 0 radical (unpaired) electrons. The Kier molecular flexibility index (Phi) is 6.60. The van der Waals surface area contributed by atoms with E-state index in [4.69, 9.17) is 0 Å². The monoisotopic (exact) mass is 291 g/mol. The summed E-state index contributed by atoms with van der Waals surface area (Å²) in [5.74, 6) is 0.891. The molecule has 0 atom stereocenters. The van der Waals surface area contributed by atoms with Crippen LogP contribution in [0.4, 0.5) is 0 Å². The molecule has 1 aromatic heterocycles. The van der Waals surface area contributed by atoms with Gasteiger partial charge in [-0.1, -0.05) is 12.8 Å². The van der Waals surface area contributed by atoms with Crippen LogP contribution in [-0.2, 0) is 6.54 Å². The van der Waals surface area contributed by atoms with Gasteiger partial charge in [0.05, 0.1) is 0 Å². The minimum atomic E-state index is 0.788. The summed E-state index contributed by atoms with van der Waals surface area (Å²) >= 11 is 0. The summed E-state index contributed by atoms with van der Waals surface area (Å²) < 4.78 is 2.16. The highest BCUT2D eigenvalue weighted by Gasteiger charge is 2.18. The number of guanidine groups is 1. The van der Waals surface area contributed by atoms with Crippen LogP contribution in [0.2, 0.25) is 0 Å². The smallest absolute Gasteiger partial charge is 0.191 e. The van der Waals surface area contributed by atoms with Crippen LogP contribution in [0.1, 0.15) is 25.7 Å². The van der Waals surface area contributed by atoms with Gasteiger partial charge in [0.15, 0.2) is 5.96 Å². The molecule has 1 aromatic rings. The zero-order chi connectivity index (χ0) is 14.9. The van der Waals surface area contributed by atoms with Gasteiger partial charge in [-0.15, -0.1) is 0 Å². The van der Waals surface area contributed by atoms with Gasteiger partial charge in [-0.25, -0.2) is 0 Å². The average molecular weight is 291 g/mol. The number of likely N-dealkylation sites (N-methyl/N-ethyl adjacent to an activating group) is 1. The maximum absolute atomic E-state index is 4.27. The molecule has 0 bridgehead atoms. The highest BCUT2D eigenvalue weighted by molar-refractivity contribution is 5.79. The highest BCUT2D eigenvalue weighted by Crippen LogP contribution is 2.21. The predicted octanol–water partition coefficient (Wildman–Crippen LogP) is 1.53. The number of hydrogen-bond donors (Lipinski definition) is 2. The number of hydrogen-bond acceptors (Lipinski definition) is 2. The third kappa shape index (κ3) is 5.42. The Hall–Kier alpha value is -1.49. The van der Waals surface area contributed by atoms with E-state index in [-0.39, 0.29) is 0 Å². The summed E-state index contributed by atoms with van der Waals surface area (Å²) in [5, 5.41) is 6.74. The van der Waals surface area contributed by atoms with Crippen molar-refractivity contribution in [2.75, 3.05) is 33.7 Å². The second kappa shape index (κ2) is 8.72. The molecule has 2 N–H and O–H groups in total. The minimum absolute atomic E-state index is 0.788. The van der Waals surface area contributed by atoms with E-state index in [1.165, 1.54) is 25.7 Å². The van der Waals surface area contributed by atoms with Gasteiger partial charge in [0.1, 0.15) is 0 Å². The molecular weight excluding hydrogens is 262 g/mol. The first-order valence-electron chi connectivity index (χ1n) is 8.05. The van der Waals surface area contributed by atoms with E-state index in [9.17, 15) is 0 Å². The predicted molar refractivity (Wildman–Crippen MR) is 88.7 cm³/mol. The molecule has 1 aliphatic carbocycles. The number of aromatic nitrogens is 1. The van der Waals surface area contributed by atoms with E-state index < -0.39 is 0 Å². The van der Waals surface area contributed by atoms with E-state index in [2.05, 4.69) is 44.5 Å². The molecule has 0 aliphatic heterocycles. The molecular formula is C16H29N5. The Balaban J connectivity index is 1.58. The lowest BCUT2D eigenvalue weighted by molar-refractivity contribution is 0.249. The van der Waals surface area contributed by atoms with Crippen LogP contribution in [0.15, 0.2) is 29.5 Å². The molecule has 5 heteroatoms. The number of aliphatic imine (C=N–C) groups is 1. The van der Waals surface area contributed by atoms with E-state index >= 15 is 0 Å². The molecule has 1 fully saturated rings. The number of nitrogens with one attached hydrogen (secondary N) is 2. The van der Waals surface area contributed by atoms with E-state index in [0.717, 1.165) is 38.2 Å². The zero-order valence-corrected chi connectivity index (χ0v) is 13.4. The van der Waals surface area contributed by atoms with Gasteiger partial charge >= 0.3 is 0 Å². The summed E-state index contributed by atoms with van der Waals surface area (Å²) in [6, 6.07) is 4.88. The van der Waals surface area contributed by atoms with E-state index in [0.29, 0.717) is 0 Å². The van der Waals surface area contributed by atoms with Crippen LogP contribution in [0.25, 0.3) is 0 Å². The van der Waals surface area contributed by atoms with Gasteiger partial charge in [0.2, 0.25) is 0 Å². The fourth-order valence-corrected chi connectivity index (χ4v) is 2.92. The van der Waals surface area contributed by atoms with Crippen molar-refractivity contribution in [1.82, 2.24) is 20.1 Å². The molecule has 2 rings (SSSR count). The van der Waals surface area contributed by atoms with Crippen molar-refractivity contribution in [3.63, 3.8) is 0 Å². The molecule has 1 aliphatic rings. The van der Waals surface area contributed by atoms with Gasteiger partial charge in [-0.05, 0) is 32.0 Å². The first-order valence-corrected chi connectivity index (χ1v) is 8.05. The number of rotatable bonds is 7. The SMILES string of the molecule is CN=C(NCCN(C)C1CCCC1)NCCn1cccc1. The van der Waals surface area contributed by atoms with Crippen molar-refractivity contribution in [1.29, 1.82) is 0 Å². The lowest BCUT2D eigenvalue weighted by Crippen LogP contribution is -2.43. The van der Waals surface area contributed by atoms with Crippen molar-refractivity contribution in [2.24, 2.45) is 4.99 Å². The first-order chi connectivity index (χ1) is 10.3. The second-order valence-corrected chi connectivity index (χ2v) is 5.77. The quantitative estimate of drug-likeness (QED) is 0.591. The van der Waals surface area contributed by atoms with Gasteiger partial charge in [-0.2, -0.15) is 0 Å². The molecule has 0 aromatic carbocycles. The lowest BCUT2D eigenvalue weighted by Gasteiger charge is -2.24. The molecule has 1 heterocycles. The van der Waals surface area contributed by atoms with Crippen molar-refractivity contribution < 1.29 is 0 Å². The largest absolute Gasteiger partial charge is 0.355 e. The van der Waals surface area contributed by atoms with E-state index in [1.807, 2.05) is 19.2 Å². The van der Waals surface area contributed by atoms with E-state index in [1.54, 1.807) is 0 Å². The van der Waals surface area contributed by atoms with Crippen molar-refractivity contribution >= 4 is 5.96 Å². The Bertz CT molecular complexity index is 406. The molecule has 0 unspecified atom stereocenters. The molecule has 0 amide bonds. The average Bonchev–Trinajstić information content (AvgIpc) is 3.18. The fraction of sp³-hybridized carbons (Fsp3) is 0.688. The summed E-state index contributed by atoms with van der Waals surface area (Å²) in [6.07, 6.45) is 9.67. The molecule has 5 nitrogen and oxygen atoms in total. The van der Waals surface area contributed by atoms with Gasteiger partial charge in [-0.3, -0.25) is 4.99 Å². The third-order valence-corrected chi connectivity index (χ3v) is 4.26.